The van der Waals surface area contributed by atoms with Crippen molar-refractivity contribution in [1.29, 1.82) is 0 Å². The van der Waals surface area contributed by atoms with E-state index in [-0.39, 0.29) is 17.9 Å². The van der Waals surface area contributed by atoms with Crippen LogP contribution in [0.5, 0.6) is 0 Å². The lowest BCUT2D eigenvalue weighted by molar-refractivity contribution is -0.116. The zero-order valence-corrected chi connectivity index (χ0v) is 21.4. The number of fused-ring (bicyclic) bond motifs is 2. The highest BCUT2D eigenvalue weighted by molar-refractivity contribution is 6.32. The van der Waals surface area contributed by atoms with Gasteiger partial charge in [-0.05, 0) is 48.9 Å². The number of rotatable bonds is 6. The van der Waals surface area contributed by atoms with Crippen LogP contribution in [0.4, 0.5) is 17.2 Å². The molecular weight excluding hydrogens is 476 g/mol. The molecule has 0 fully saturated rings. The van der Waals surface area contributed by atoms with Crippen LogP contribution in [-0.2, 0) is 21.6 Å². The highest BCUT2D eigenvalue weighted by Crippen LogP contribution is 2.42. The Hall–Kier alpha value is -3.62. The quantitative estimate of drug-likeness (QED) is 0.363. The second kappa shape index (κ2) is 9.44. The molecule has 1 N–H and O–H groups in total. The number of benzene rings is 1. The van der Waals surface area contributed by atoms with E-state index < -0.39 is 0 Å². The number of hydrogen-bond donors (Lipinski definition) is 1. The zero-order chi connectivity index (χ0) is 25.4. The summed E-state index contributed by atoms with van der Waals surface area (Å²) in [5.41, 5.74) is 4.48. The van der Waals surface area contributed by atoms with Gasteiger partial charge in [-0.15, -0.1) is 0 Å². The number of halogens is 1. The maximum atomic E-state index is 12.3. The number of anilines is 3. The Morgan fingerprint density at radius 2 is 2.00 bits per heavy atom. The molecule has 9 heteroatoms. The minimum absolute atomic E-state index is 0.0235. The summed E-state index contributed by atoms with van der Waals surface area (Å²) in [6.45, 7) is 9.27. The summed E-state index contributed by atoms with van der Waals surface area (Å²) in [5, 5.41) is 4.69. The maximum Gasteiger partial charge on any atom is 0.223 e. The Labute approximate surface area is 214 Å². The first-order valence-electron chi connectivity index (χ1n) is 11.8. The van der Waals surface area contributed by atoms with Gasteiger partial charge >= 0.3 is 0 Å². The van der Waals surface area contributed by atoms with Crippen LogP contribution in [0.1, 0.15) is 39.1 Å². The van der Waals surface area contributed by atoms with Gasteiger partial charge in [-0.1, -0.05) is 31.5 Å². The van der Waals surface area contributed by atoms with Crippen LogP contribution in [0.15, 0.2) is 48.7 Å². The fourth-order valence-corrected chi connectivity index (χ4v) is 4.72. The zero-order valence-electron chi connectivity index (χ0n) is 20.7. The fraction of sp³-hybridized carbons (Fsp3) is 0.296. The molecule has 0 spiro atoms. The largest absolute Gasteiger partial charge is 0.374 e. The van der Waals surface area contributed by atoms with Gasteiger partial charge in [-0.3, -0.25) is 9.78 Å². The number of ether oxygens (including phenoxy) is 1. The lowest BCUT2D eigenvalue weighted by atomic mass is 9.87. The summed E-state index contributed by atoms with van der Waals surface area (Å²) in [6, 6.07) is 13.4. The van der Waals surface area contributed by atoms with Gasteiger partial charge in [0.1, 0.15) is 18.1 Å². The number of amides is 1. The molecule has 1 aliphatic heterocycles. The molecule has 0 unspecified atom stereocenters. The van der Waals surface area contributed by atoms with Crippen LogP contribution in [-0.4, -0.2) is 39.0 Å². The van der Waals surface area contributed by atoms with Crippen molar-refractivity contribution in [3.8, 4) is 11.4 Å². The predicted molar refractivity (Wildman–Crippen MR) is 142 cm³/mol. The van der Waals surface area contributed by atoms with E-state index in [0.717, 1.165) is 22.3 Å². The molecule has 4 heterocycles. The number of carbonyl (C=O) groups is 1. The minimum Gasteiger partial charge on any atom is -0.374 e. The average Bonchev–Trinajstić information content (AvgIpc) is 3.13. The van der Waals surface area contributed by atoms with E-state index in [4.69, 9.17) is 26.3 Å². The molecule has 0 aliphatic carbocycles. The molecule has 36 heavy (non-hydrogen) atoms. The van der Waals surface area contributed by atoms with Crippen LogP contribution < -0.4 is 10.2 Å². The van der Waals surface area contributed by atoms with Crippen LogP contribution in [0.2, 0.25) is 5.02 Å². The first-order valence-corrected chi connectivity index (χ1v) is 12.2. The normalized spacial score (nSPS) is 14.2. The van der Waals surface area contributed by atoms with Crippen molar-refractivity contribution in [1.82, 2.24) is 19.9 Å². The number of nitrogens with zero attached hydrogens (tertiary/aromatic N) is 5. The van der Waals surface area contributed by atoms with Gasteiger partial charge in [0.15, 0.2) is 11.5 Å². The number of pyridine rings is 2. The summed E-state index contributed by atoms with van der Waals surface area (Å²) >= 11 is 6.35. The van der Waals surface area contributed by atoms with E-state index >= 15 is 0 Å². The van der Waals surface area contributed by atoms with Crippen LogP contribution in [0.3, 0.4) is 0 Å². The standard InChI is InChI=1S/C27H27ClN6O2/c1-5-36-14-23-32-25(18-9-11-21(31-26(18)33-23)24-20(28)7-6-12-29-24)30-17-8-10-19-22(13-17)34(16(2)35)15-27(19,3)4/h6-13H,5,14-15H2,1-4H3,(H,30,31,32,33). The van der Waals surface area contributed by atoms with E-state index in [1.54, 1.807) is 25.3 Å². The third kappa shape index (κ3) is 4.50. The maximum absolute atomic E-state index is 12.3. The van der Waals surface area contributed by atoms with Crippen molar-refractivity contribution in [2.24, 2.45) is 0 Å². The third-order valence-electron chi connectivity index (χ3n) is 6.26. The molecule has 8 nitrogen and oxygen atoms in total. The van der Waals surface area contributed by atoms with E-state index in [9.17, 15) is 4.79 Å². The number of hydrogen-bond acceptors (Lipinski definition) is 7. The minimum atomic E-state index is -0.112. The molecule has 1 aliphatic rings. The monoisotopic (exact) mass is 502 g/mol. The molecule has 4 aromatic rings. The molecule has 0 atom stereocenters. The average molecular weight is 503 g/mol. The second-order valence-electron chi connectivity index (χ2n) is 9.37. The molecule has 1 amide bonds. The lowest BCUT2D eigenvalue weighted by Crippen LogP contribution is -2.31. The summed E-state index contributed by atoms with van der Waals surface area (Å²) < 4.78 is 5.57. The molecule has 5 rings (SSSR count). The smallest absolute Gasteiger partial charge is 0.223 e. The Morgan fingerprint density at radius 3 is 2.75 bits per heavy atom. The molecule has 0 saturated heterocycles. The van der Waals surface area contributed by atoms with E-state index in [2.05, 4.69) is 35.2 Å². The predicted octanol–water partition coefficient (Wildman–Crippen LogP) is 5.66. The Kier molecular flexibility index (Phi) is 6.32. The van der Waals surface area contributed by atoms with Crippen molar-refractivity contribution in [2.75, 3.05) is 23.4 Å². The Morgan fingerprint density at radius 1 is 1.17 bits per heavy atom. The Balaban J connectivity index is 1.58. The molecule has 184 valence electrons. The Bertz CT molecular complexity index is 1470. The molecule has 0 radical (unpaired) electrons. The van der Waals surface area contributed by atoms with Gasteiger partial charge in [-0.2, -0.15) is 0 Å². The first-order chi connectivity index (χ1) is 17.3. The SMILES string of the molecule is CCOCc1nc(Nc2ccc3c(c2)N(C(C)=O)CC3(C)C)c2ccc(-c3ncccc3Cl)nc2n1. The highest BCUT2D eigenvalue weighted by atomic mass is 35.5. The fourth-order valence-electron chi connectivity index (χ4n) is 4.50. The van der Waals surface area contributed by atoms with Gasteiger partial charge in [-0.25, -0.2) is 15.0 Å². The van der Waals surface area contributed by atoms with Crippen molar-refractivity contribution >= 4 is 45.7 Å². The molecule has 3 aromatic heterocycles. The molecule has 0 saturated carbocycles. The number of carbonyl (C=O) groups excluding carboxylic acids is 1. The van der Waals surface area contributed by atoms with Crippen molar-refractivity contribution in [3.05, 3.63) is 65.1 Å². The van der Waals surface area contributed by atoms with Crippen LogP contribution in [0.25, 0.3) is 22.4 Å². The number of nitrogens with one attached hydrogen (secondary N) is 1. The molecule has 0 bridgehead atoms. The molecule has 1 aromatic carbocycles. The van der Waals surface area contributed by atoms with E-state index in [1.807, 2.05) is 36.1 Å². The van der Waals surface area contributed by atoms with Gasteiger partial charge in [0, 0.05) is 43.1 Å². The molecular formula is C27H27ClN6O2. The van der Waals surface area contributed by atoms with E-state index in [0.29, 0.717) is 46.9 Å². The topological polar surface area (TPSA) is 93.1 Å². The van der Waals surface area contributed by atoms with Gasteiger partial charge < -0.3 is 15.0 Å². The van der Waals surface area contributed by atoms with Gasteiger partial charge in [0.2, 0.25) is 5.91 Å². The second-order valence-corrected chi connectivity index (χ2v) is 9.78. The van der Waals surface area contributed by atoms with Gasteiger partial charge in [0.25, 0.3) is 0 Å². The van der Waals surface area contributed by atoms with Crippen molar-refractivity contribution in [2.45, 2.75) is 39.7 Å². The lowest BCUT2D eigenvalue weighted by Gasteiger charge is -2.19. The first kappa shape index (κ1) is 24.1. The number of aromatic nitrogens is 4. The summed E-state index contributed by atoms with van der Waals surface area (Å²) in [6.07, 6.45) is 1.68. The van der Waals surface area contributed by atoms with Crippen LogP contribution in [0, 0.1) is 0 Å². The van der Waals surface area contributed by atoms with Crippen LogP contribution >= 0.6 is 11.6 Å². The van der Waals surface area contributed by atoms with E-state index in [1.165, 1.54) is 0 Å². The van der Waals surface area contributed by atoms with Crippen molar-refractivity contribution in [3.63, 3.8) is 0 Å². The van der Waals surface area contributed by atoms with Crippen molar-refractivity contribution < 1.29 is 9.53 Å². The summed E-state index contributed by atoms with van der Waals surface area (Å²) in [5.74, 6) is 1.14. The third-order valence-corrected chi connectivity index (χ3v) is 6.56. The summed E-state index contributed by atoms with van der Waals surface area (Å²) in [7, 11) is 0. The highest BCUT2D eigenvalue weighted by Gasteiger charge is 2.36. The van der Waals surface area contributed by atoms with Gasteiger partial charge in [0.05, 0.1) is 16.1 Å². The summed E-state index contributed by atoms with van der Waals surface area (Å²) in [4.78, 5) is 32.6.